The minimum atomic E-state index is 0.635. The standard InChI is InChI=1S/C12H17BrN2S/c1-9(2)11(13)5-3-4-10-8-15-6-7-16-12(15)14-10/h6-9,11H,3-5H2,1-2H3. The molecule has 0 fully saturated rings. The van der Waals surface area contributed by atoms with Gasteiger partial charge < -0.3 is 0 Å². The molecule has 0 saturated heterocycles. The highest BCUT2D eigenvalue weighted by Crippen LogP contribution is 2.19. The third-order valence-corrected chi connectivity index (χ3v) is 5.07. The van der Waals surface area contributed by atoms with E-state index < -0.39 is 0 Å². The second-order valence-electron chi connectivity index (χ2n) is 4.48. The average Bonchev–Trinajstić information content (AvgIpc) is 2.77. The molecule has 0 spiro atoms. The summed E-state index contributed by atoms with van der Waals surface area (Å²) in [6.07, 6.45) is 7.73. The Morgan fingerprint density at radius 3 is 3.00 bits per heavy atom. The molecule has 16 heavy (non-hydrogen) atoms. The van der Waals surface area contributed by atoms with Crippen LogP contribution in [-0.2, 0) is 6.42 Å². The summed E-state index contributed by atoms with van der Waals surface area (Å²) in [4.78, 5) is 6.32. The Bertz CT molecular complexity index is 418. The van der Waals surface area contributed by atoms with Gasteiger partial charge in [0.05, 0.1) is 5.69 Å². The maximum atomic E-state index is 4.58. The van der Waals surface area contributed by atoms with E-state index in [2.05, 4.69) is 56.9 Å². The summed E-state index contributed by atoms with van der Waals surface area (Å²) >= 11 is 5.41. The Kier molecular flexibility index (Phi) is 4.03. The van der Waals surface area contributed by atoms with Crippen LogP contribution >= 0.6 is 27.3 Å². The monoisotopic (exact) mass is 300 g/mol. The fourth-order valence-corrected chi connectivity index (χ4v) is 2.75. The van der Waals surface area contributed by atoms with Crippen LogP contribution in [-0.4, -0.2) is 14.2 Å². The molecule has 0 aliphatic rings. The highest BCUT2D eigenvalue weighted by Gasteiger charge is 2.09. The molecule has 88 valence electrons. The van der Waals surface area contributed by atoms with Crippen molar-refractivity contribution in [1.82, 2.24) is 9.38 Å². The molecular weight excluding hydrogens is 284 g/mol. The van der Waals surface area contributed by atoms with Gasteiger partial charge in [0.25, 0.3) is 0 Å². The Hall–Kier alpha value is -0.350. The van der Waals surface area contributed by atoms with Gasteiger partial charge in [-0.2, -0.15) is 0 Å². The normalized spacial score (nSPS) is 13.8. The molecule has 0 aromatic carbocycles. The van der Waals surface area contributed by atoms with Crippen molar-refractivity contribution in [1.29, 1.82) is 0 Å². The molecule has 1 unspecified atom stereocenters. The van der Waals surface area contributed by atoms with Crippen LogP contribution in [0, 0.1) is 5.92 Å². The number of halogens is 1. The fraction of sp³-hybridized carbons (Fsp3) is 0.583. The molecule has 2 rings (SSSR count). The minimum Gasteiger partial charge on any atom is -0.297 e. The van der Waals surface area contributed by atoms with Crippen molar-refractivity contribution in [3.05, 3.63) is 23.5 Å². The molecule has 2 aromatic heterocycles. The van der Waals surface area contributed by atoms with Gasteiger partial charge in [0.15, 0.2) is 4.96 Å². The summed E-state index contributed by atoms with van der Waals surface area (Å²) in [5, 5.41) is 2.07. The SMILES string of the molecule is CC(C)C(Br)CCCc1cn2ccsc2n1. The van der Waals surface area contributed by atoms with Gasteiger partial charge in [-0.15, -0.1) is 11.3 Å². The zero-order valence-electron chi connectivity index (χ0n) is 9.69. The number of aromatic nitrogens is 2. The number of hydrogen-bond acceptors (Lipinski definition) is 2. The maximum Gasteiger partial charge on any atom is 0.193 e. The quantitative estimate of drug-likeness (QED) is 0.759. The lowest BCUT2D eigenvalue weighted by molar-refractivity contribution is 0.561. The number of aryl methyl sites for hydroxylation is 1. The van der Waals surface area contributed by atoms with E-state index >= 15 is 0 Å². The first-order valence-electron chi connectivity index (χ1n) is 5.72. The smallest absolute Gasteiger partial charge is 0.193 e. The lowest BCUT2D eigenvalue weighted by atomic mass is 10.0. The van der Waals surface area contributed by atoms with E-state index in [-0.39, 0.29) is 0 Å². The lowest BCUT2D eigenvalue weighted by Gasteiger charge is -2.12. The molecule has 0 radical (unpaired) electrons. The van der Waals surface area contributed by atoms with E-state index in [1.807, 2.05) is 0 Å². The molecule has 2 aromatic rings. The van der Waals surface area contributed by atoms with Crippen molar-refractivity contribution in [2.45, 2.75) is 37.9 Å². The van der Waals surface area contributed by atoms with E-state index in [0.717, 1.165) is 11.4 Å². The molecule has 0 N–H and O–H groups in total. The van der Waals surface area contributed by atoms with Gasteiger partial charge >= 0.3 is 0 Å². The molecule has 4 heteroatoms. The van der Waals surface area contributed by atoms with Crippen molar-refractivity contribution in [3.8, 4) is 0 Å². The van der Waals surface area contributed by atoms with Crippen LogP contribution in [0.15, 0.2) is 17.8 Å². The number of alkyl halides is 1. The van der Waals surface area contributed by atoms with Crippen LogP contribution in [0.2, 0.25) is 0 Å². The second kappa shape index (κ2) is 5.32. The topological polar surface area (TPSA) is 17.3 Å². The van der Waals surface area contributed by atoms with Gasteiger partial charge in [-0.25, -0.2) is 4.98 Å². The summed E-state index contributed by atoms with van der Waals surface area (Å²) in [5.74, 6) is 0.713. The summed E-state index contributed by atoms with van der Waals surface area (Å²) in [6.45, 7) is 4.51. The van der Waals surface area contributed by atoms with E-state index in [4.69, 9.17) is 0 Å². The van der Waals surface area contributed by atoms with Crippen molar-refractivity contribution in [2.24, 2.45) is 5.92 Å². The summed E-state index contributed by atoms with van der Waals surface area (Å²) in [5.41, 5.74) is 1.22. The second-order valence-corrected chi connectivity index (χ2v) is 6.53. The molecule has 0 bridgehead atoms. The van der Waals surface area contributed by atoms with E-state index in [0.29, 0.717) is 10.7 Å². The summed E-state index contributed by atoms with van der Waals surface area (Å²) < 4.78 is 2.11. The largest absolute Gasteiger partial charge is 0.297 e. The van der Waals surface area contributed by atoms with Crippen LogP contribution in [0.25, 0.3) is 4.96 Å². The third-order valence-electron chi connectivity index (χ3n) is 2.78. The molecular formula is C12H17BrN2S. The molecule has 2 nitrogen and oxygen atoms in total. The molecule has 1 atom stereocenters. The third kappa shape index (κ3) is 2.86. The van der Waals surface area contributed by atoms with Gasteiger partial charge in [-0.05, 0) is 25.2 Å². The van der Waals surface area contributed by atoms with Crippen LogP contribution in [0.4, 0.5) is 0 Å². The number of thiazole rings is 1. The van der Waals surface area contributed by atoms with Gasteiger partial charge in [-0.3, -0.25) is 4.40 Å². The average molecular weight is 301 g/mol. The van der Waals surface area contributed by atoms with E-state index in [1.54, 1.807) is 11.3 Å². The van der Waals surface area contributed by atoms with Crippen LogP contribution in [0.5, 0.6) is 0 Å². The maximum absolute atomic E-state index is 4.58. The zero-order chi connectivity index (χ0) is 11.5. The van der Waals surface area contributed by atoms with Crippen molar-refractivity contribution in [2.75, 3.05) is 0 Å². The molecule has 0 amide bonds. The predicted octanol–water partition coefficient (Wildman–Crippen LogP) is 4.14. The highest BCUT2D eigenvalue weighted by atomic mass is 79.9. The predicted molar refractivity (Wildman–Crippen MR) is 73.6 cm³/mol. The molecule has 2 heterocycles. The van der Waals surface area contributed by atoms with E-state index in [1.165, 1.54) is 18.5 Å². The summed E-state index contributed by atoms with van der Waals surface area (Å²) in [6, 6.07) is 0. The Balaban J connectivity index is 1.84. The molecule has 0 aliphatic carbocycles. The molecule has 0 aliphatic heterocycles. The zero-order valence-corrected chi connectivity index (χ0v) is 12.1. The number of imidazole rings is 1. The summed E-state index contributed by atoms with van der Waals surface area (Å²) in [7, 11) is 0. The van der Waals surface area contributed by atoms with Crippen molar-refractivity contribution >= 4 is 32.2 Å². The van der Waals surface area contributed by atoms with E-state index in [9.17, 15) is 0 Å². The first-order chi connectivity index (χ1) is 7.66. The number of rotatable bonds is 5. The van der Waals surface area contributed by atoms with Gasteiger partial charge in [0.1, 0.15) is 0 Å². The first-order valence-corrected chi connectivity index (χ1v) is 7.51. The molecule has 0 saturated carbocycles. The first kappa shape index (κ1) is 12.1. The van der Waals surface area contributed by atoms with Crippen LogP contribution in [0.1, 0.15) is 32.4 Å². The number of hydrogen-bond donors (Lipinski definition) is 0. The number of fused-ring (bicyclic) bond motifs is 1. The van der Waals surface area contributed by atoms with Crippen LogP contribution < -0.4 is 0 Å². The number of nitrogens with zero attached hydrogens (tertiary/aromatic N) is 2. The minimum absolute atomic E-state index is 0.635. The van der Waals surface area contributed by atoms with Gasteiger partial charge in [-0.1, -0.05) is 29.8 Å². The van der Waals surface area contributed by atoms with Gasteiger partial charge in [0, 0.05) is 22.6 Å². The Labute approximate surface area is 109 Å². The lowest BCUT2D eigenvalue weighted by Crippen LogP contribution is -2.07. The Morgan fingerprint density at radius 2 is 2.31 bits per heavy atom. The van der Waals surface area contributed by atoms with Gasteiger partial charge in [0.2, 0.25) is 0 Å². The van der Waals surface area contributed by atoms with Crippen LogP contribution in [0.3, 0.4) is 0 Å². The Morgan fingerprint density at radius 1 is 1.50 bits per heavy atom. The highest BCUT2D eigenvalue weighted by molar-refractivity contribution is 9.09. The van der Waals surface area contributed by atoms with Crippen molar-refractivity contribution < 1.29 is 0 Å². The fourth-order valence-electron chi connectivity index (χ4n) is 1.71. The van der Waals surface area contributed by atoms with Crippen molar-refractivity contribution in [3.63, 3.8) is 0 Å².